The fourth-order valence-corrected chi connectivity index (χ4v) is 9.51. The largest absolute Gasteiger partial charge is 0.481 e. The van der Waals surface area contributed by atoms with Gasteiger partial charge in [0.1, 0.15) is 24.2 Å². The Hall–Kier alpha value is -7.07. The first kappa shape index (κ1) is 66.4. The first-order chi connectivity index (χ1) is 38.8. The van der Waals surface area contributed by atoms with Gasteiger partial charge in [-0.1, -0.05) is 54.8 Å². The number of benzene rings is 1. The van der Waals surface area contributed by atoms with Gasteiger partial charge in [-0.05, 0) is 82.6 Å². The Kier molecular flexibility index (Phi) is 29.8. The van der Waals surface area contributed by atoms with Crippen molar-refractivity contribution in [3.63, 3.8) is 0 Å². The van der Waals surface area contributed by atoms with Crippen LogP contribution in [0, 0.1) is 5.41 Å². The van der Waals surface area contributed by atoms with Crippen molar-refractivity contribution >= 4 is 67.4 Å². The molecule has 8 amide bonds. The Morgan fingerprint density at radius 3 is 2.17 bits per heavy atom. The summed E-state index contributed by atoms with van der Waals surface area (Å²) in [7, 11) is -3.13. The number of nitrogens with two attached hydrogens (primary N) is 2. The van der Waals surface area contributed by atoms with Crippen LogP contribution in [-0.2, 0) is 71.6 Å². The van der Waals surface area contributed by atoms with E-state index in [9.17, 15) is 57.9 Å². The second-order valence-electron chi connectivity index (χ2n) is 20.2. The van der Waals surface area contributed by atoms with E-state index >= 15 is 0 Å². The van der Waals surface area contributed by atoms with Gasteiger partial charge in [0.25, 0.3) is 0 Å². The van der Waals surface area contributed by atoms with Crippen LogP contribution in [-0.4, -0.2) is 176 Å². The molecule has 450 valence electrons. The molecule has 2 aliphatic rings. The van der Waals surface area contributed by atoms with Crippen LogP contribution in [0.4, 0.5) is 0 Å². The molecular weight excluding hydrogens is 1080 g/mol. The van der Waals surface area contributed by atoms with E-state index in [1.54, 1.807) is 35.0 Å². The van der Waals surface area contributed by atoms with Crippen molar-refractivity contribution < 1.29 is 67.3 Å². The maximum atomic E-state index is 14.0. The number of aliphatic carboxylic acids is 1. The summed E-state index contributed by atoms with van der Waals surface area (Å²) in [5.41, 5.74) is 13.0. The molecule has 4 rings (SSSR count). The second-order valence-corrected chi connectivity index (χ2v) is 21.0. The number of guanidine groups is 1. The number of amides is 8. The molecule has 1 aromatic carbocycles. The highest BCUT2D eigenvalue weighted by molar-refractivity contribution is 7.32. The number of hydrogen-bond acceptors (Lipinski definition) is 16. The molecule has 3 heterocycles. The molecule has 8 atom stereocenters. The molecule has 81 heavy (non-hydrogen) atoms. The molecule has 29 nitrogen and oxygen atoms in total. The van der Waals surface area contributed by atoms with Crippen LogP contribution in [0.5, 0.6) is 0 Å². The van der Waals surface area contributed by atoms with Gasteiger partial charge in [0.2, 0.25) is 47.3 Å². The molecule has 2 fully saturated rings. The number of aromatic nitrogens is 3. The monoisotopic (exact) mass is 1160 g/mol. The lowest BCUT2D eigenvalue weighted by Crippen LogP contribution is -2.58. The number of unbranched alkanes of at least 4 members (excludes halogenated alkanes) is 5. The Balaban J connectivity index is 1.17. The maximum absolute atomic E-state index is 14.0. The predicted octanol–water partition coefficient (Wildman–Crippen LogP) is -2.14. The minimum Gasteiger partial charge on any atom is -0.481 e. The zero-order valence-electron chi connectivity index (χ0n) is 45.7. The molecule has 0 saturated carbocycles. The maximum Gasteiger partial charge on any atom is 0.316 e. The number of carbonyl (C=O) groups is 9. The SMILES string of the molecule is N=C(N)NCCC[C@@H]1NC(=O)[C@H](CCCCNC(=O)[C@H](N)CCCCCn2cc(CCCC(=O)NCCCCCC(=O)N3C[C@H](O)C[C@H]3CO[PH](=O)O)nn2)NC(=O)[C@@H](Cc2ccccc2)NC(=O)[C@H](CC(=O)O)NC(=O)CNC1=O. The van der Waals surface area contributed by atoms with E-state index in [0.717, 1.165) is 25.0 Å². The lowest BCUT2D eigenvalue weighted by atomic mass is 10.0. The topological polar surface area (TPSA) is 447 Å². The molecule has 2 aromatic rings. The number of carbonyl (C=O) groups excluding carboxylic acids is 8. The van der Waals surface area contributed by atoms with Crippen molar-refractivity contribution in [2.45, 2.75) is 171 Å². The number of nitrogens with zero attached hydrogens (tertiary/aromatic N) is 4. The summed E-state index contributed by atoms with van der Waals surface area (Å²) >= 11 is 0. The van der Waals surface area contributed by atoms with Crippen molar-refractivity contribution in [3.05, 3.63) is 47.8 Å². The number of β-amino-alcohol motifs (C(OH)–C–C–N with tert-alkyl or cyclic N) is 1. The average Bonchev–Trinajstić information content (AvgIpc) is 4.06. The highest BCUT2D eigenvalue weighted by Crippen LogP contribution is 2.24. The van der Waals surface area contributed by atoms with Crippen LogP contribution in [0.2, 0.25) is 0 Å². The summed E-state index contributed by atoms with van der Waals surface area (Å²) in [5.74, 6) is -6.51. The van der Waals surface area contributed by atoms with Gasteiger partial charge in [0.15, 0.2) is 5.96 Å². The Morgan fingerprint density at radius 2 is 1.44 bits per heavy atom. The zero-order valence-corrected chi connectivity index (χ0v) is 46.7. The minimum atomic E-state index is -3.13. The van der Waals surface area contributed by atoms with Crippen LogP contribution in [0.1, 0.15) is 120 Å². The molecule has 16 N–H and O–H groups in total. The van der Waals surface area contributed by atoms with Gasteiger partial charge in [0.05, 0.1) is 43.5 Å². The first-order valence-corrected chi connectivity index (χ1v) is 28.9. The van der Waals surface area contributed by atoms with Crippen LogP contribution in [0.15, 0.2) is 36.5 Å². The van der Waals surface area contributed by atoms with Gasteiger partial charge in [-0.3, -0.25) is 57.8 Å². The standard InChI is InChI=1S/C51H82N15O14P/c52-37(17-6-3-11-25-65-30-34(63-64-65)16-12-20-42(68)55-22-9-2-7-21-44(70)66-31-36(67)27-35(66)32-80-81(78)79)46(73)56-23-10-8-18-39-48(75)60-38(19-13-24-57-51(53)54)47(74)58-29-43(69)59-41(28-45(71)72)50(77)62-40(49(76)61-39)26-33-14-4-1-5-15-33/h1,4-5,14-15,30,35-41,67,81H,2-3,6-13,16-29,31-32,52H2,(H,55,68)(H,56,73)(H,58,74)(H,59,69)(H,60,75)(H,61,76)(H,62,77)(H,71,72)(H,78,79)(H4,53,54,57)/t35-,36+,37+,38-,39-,40+,41-/m0/s1. The summed E-state index contributed by atoms with van der Waals surface area (Å²) in [4.78, 5) is 128. The fraction of sp³-hybridized carbons (Fsp3) is 0.647. The van der Waals surface area contributed by atoms with Gasteiger partial charge in [0, 0.05) is 58.2 Å². The average molecular weight is 1160 g/mol. The summed E-state index contributed by atoms with van der Waals surface area (Å²) in [6.45, 7) is 0.842. The third kappa shape index (κ3) is 26.4. The molecule has 0 radical (unpaired) electrons. The van der Waals surface area contributed by atoms with Crippen molar-refractivity contribution in [1.29, 1.82) is 5.41 Å². The number of aryl methyl sites for hydroxylation is 2. The first-order valence-electron chi connectivity index (χ1n) is 27.6. The van der Waals surface area contributed by atoms with Crippen LogP contribution >= 0.6 is 8.25 Å². The van der Waals surface area contributed by atoms with Gasteiger partial charge in [-0.25, -0.2) is 0 Å². The van der Waals surface area contributed by atoms with Crippen molar-refractivity contribution in [3.8, 4) is 0 Å². The lowest BCUT2D eigenvalue weighted by molar-refractivity contribution is -0.141. The third-order valence-corrected chi connectivity index (χ3v) is 13.9. The molecule has 1 unspecified atom stereocenters. The van der Waals surface area contributed by atoms with Crippen LogP contribution in [0.3, 0.4) is 0 Å². The quantitative estimate of drug-likeness (QED) is 0.0157. The summed E-state index contributed by atoms with van der Waals surface area (Å²) in [5, 5.41) is 56.3. The second kappa shape index (κ2) is 36.3. The molecule has 0 aliphatic carbocycles. The molecular formula is C51H82N15O14P. The summed E-state index contributed by atoms with van der Waals surface area (Å²) in [6.07, 6.45) is 7.85. The molecule has 0 bridgehead atoms. The number of carboxylic acids is 1. The summed E-state index contributed by atoms with van der Waals surface area (Å²) in [6, 6.07) is 1.95. The van der Waals surface area contributed by atoms with Gasteiger partial charge >= 0.3 is 14.2 Å². The molecule has 2 aliphatic heterocycles. The predicted molar refractivity (Wildman–Crippen MR) is 293 cm³/mol. The van der Waals surface area contributed by atoms with Crippen molar-refractivity contribution in [1.82, 2.24) is 62.4 Å². The van der Waals surface area contributed by atoms with E-state index in [-0.39, 0.29) is 82.0 Å². The number of likely N-dealkylation sites (tertiary alicyclic amines) is 1. The van der Waals surface area contributed by atoms with E-state index in [1.807, 2.05) is 6.20 Å². The fourth-order valence-electron chi connectivity index (χ4n) is 9.18. The van der Waals surface area contributed by atoms with E-state index in [4.69, 9.17) is 26.3 Å². The highest BCUT2D eigenvalue weighted by Gasteiger charge is 2.35. The Bertz CT molecular complexity index is 2420. The number of rotatable bonds is 33. The Morgan fingerprint density at radius 1 is 0.790 bits per heavy atom. The van der Waals surface area contributed by atoms with Crippen LogP contribution in [0.25, 0.3) is 0 Å². The zero-order chi connectivity index (χ0) is 59.1. The van der Waals surface area contributed by atoms with Crippen molar-refractivity contribution in [2.75, 3.05) is 39.3 Å². The van der Waals surface area contributed by atoms with Crippen LogP contribution < -0.4 is 54.0 Å². The third-order valence-electron chi connectivity index (χ3n) is 13.5. The normalized spacial score (nSPS) is 20.7. The van der Waals surface area contributed by atoms with E-state index in [2.05, 4.69) is 52.8 Å². The van der Waals surface area contributed by atoms with E-state index in [1.165, 1.54) is 4.90 Å². The molecule has 1 aromatic heterocycles. The minimum absolute atomic E-state index is 0.0204. The smallest absolute Gasteiger partial charge is 0.316 e. The Labute approximate surface area is 470 Å². The lowest BCUT2D eigenvalue weighted by Gasteiger charge is -2.26. The number of hydrogen-bond donors (Lipinski definition) is 14. The van der Waals surface area contributed by atoms with Gasteiger partial charge in [-0.2, -0.15) is 0 Å². The van der Waals surface area contributed by atoms with Gasteiger partial charge < -0.3 is 78.5 Å². The van der Waals surface area contributed by atoms with Crippen molar-refractivity contribution in [2.24, 2.45) is 11.5 Å². The number of nitrogens with one attached hydrogen (secondary N) is 9. The molecule has 0 spiro atoms. The molecule has 2 saturated heterocycles. The molecule has 30 heteroatoms. The summed E-state index contributed by atoms with van der Waals surface area (Å²) < 4.78 is 17.4. The van der Waals surface area contributed by atoms with E-state index < -0.39 is 99.1 Å². The number of carboxylic acid groups (broad SMARTS) is 1. The van der Waals surface area contributed by atoms with Gasteiger partial charge in [-0.15, -0.1) is 5.10 Å². The van der Waals surface area contributed by atoms with E-state index in [0.29, 0.717) is 82.9 Å². The highest BCUT2D eigenvalue weighted by atomic mass is 31.1. The number of aliphatic hydroxyl groups excluding tert-OH is 1. The number of aliphatic hydroxyl groups is 1.